The second kappa shape index (κ2) is 8.23. The number of anilines is 1. The first-order valence-electron chi connectivity index (χ1n) is 10.6. The van der Waals surface area contributed by atoms with Crippen molar-refractivity contribution in [1.29, 1.82) is 0 Å². The summed E-state index contributed by atoms with van der Waals surface area (Å²) >= 11 is 0. The molecule has 0 radical (unpaired) electrons. The first-order chi connectivity index (χ1) is 15.7. The van der Waals surface area contributed by atoms with Crippen molar-refractivity contribution < 1.29 is 14.6 Å². The number of fused-ring (bicyclic) bond motifs is 1. The molecule has 4 nitrogen and oxygen atoms in total. The summed E-state index contributed by atoms with van der Waals surface area (Å²) < 4.78 is 5.21. The van der Waals surface area contributed by atoms with Crippen molar-refractivity contribution in [2.24, 2.45) is 0 Å². The first-order valence-corrected chi connectivity index (χ1v) is 10.6. The molecule has 4 aromatic rings. The van der Waals surface area contributed by atoms with Crippen LogP contribution < -0.4 is 9.64 Å². The highest BCUT2D eigenvalue weighted by Crippen LogP contribution is 2.45. The Kier molecular flexibility index (Phi) is 5.12. The van der Waals surface area contributed by atoms with E-state index < -0.39 is 5.92 Å². The Morgan fingerprint density at radius 3 is 2.34 bits per heavy atom. The molecule has 1 heterocycles. The van der Waals surface area contributed by atoms with E-state index in [4.69, 9.17) is 4.74 Å². The molecule has 1 aliphatic rings. The number of carbonyl (C=O) groups excluding carboxylic acids is 1. The van der Waals surface area contributed by atoms with Gasteiger partial charge in [0, 0.05) is 17.3 Å². The number of methoxy groups -OCH3 is 1. The lowest BCUT2D eigenvalue weighted by molar-refractivity contribution is -0.118. The van der Waals surface area contributed by atoms with Crippen LogP contribution in [0.4, 0.5) is 5.69 Å². The zero-order valence-corrected chi connectivity index (χ0v) is 17.7. The molecule has 158 valence electrons. The van der Waals surface area contributed by atoms with Gasteiger partial charge in [-0.1, -0.05) is 78.9 Å². The molecule has 32 heavy (non-hydrogen) atoms. The van der Waals surface area contributed by atoms with Crippen molar-refractivity contribution in [1.82, 2.24) is 0 Å². The van der Waals surface area contributed by atoms with E-state index in [1.54, 1.807) is 25.3 Å². The fourth-order valence-corrected chi connectivity index (χ4v) is 4.47. The number of nitrogens with zero attached hydrogens (tertiary/aromatic N) is 1. The minimum absolute atomic E-state index is 0.0467. The van der Waals surface area contributed by atoms with Gasteiger partial charge in [-0.3, -0.25) is 4.79 Å². The van der Waals surface area contributed by atoms with Crippen molar-refractivity contribution in [3.63, 3.8) is 0 Å². The second-order valence-electron chi connectivity index (χ2n) is 7.86. The van der Waals surface area contributed by atoms with Gasteiger partial charge in [-0.15, -0.1) is 0 Å². The Hall–Kier alpha value is -4.05. The van der Waals surface area contributed by atoms with E-state index in [0.29, 0.717) is 17.9 Å². The molecule has 1 aliphatic heterocycles. The van der Waals surface area contributed by atoms with Gasteiger partial charge in [-0.05, 0) is 34.4 Å². The Balaban J connectivity index is 1.56. The Morgan fingerprint density at radius 1 is 0.844 bits per heavy atom. The van der Waals surface area contributed by atoms with Gasteiger partial charge in [0.05, 0.1) is 19.6 Å². The largest absolute Gasteiger partial charge is 0.507 e. The number of aromatic hydroxyl groups is 1. The highest BCUT2D eigenvalue weighted by atomic mass is 16.5. The normalized spacial score (nSPS) is 15.0. The van der Waals surface area contributed by atoms with E-state index in [2.05, 4.69) is 24.3 Å². The van der Waals surface area contributed by atoms with Gasteiger partial charge < -0.3 is 14.7 Å². The predicted octanol–water partition coefficient (Wildman–Crippen LogP) is 5.75. The third-order valence-electron chi connectivity index (χ3n) is 6.03. The highest BCUT2D eigenvalue weighted by molar-refractivity contribution is 6.07. The molecule has 0 spiro atoms. The lowest BCUT2D eigenvalue weighted by Crippen LogP contribution is -2.28. The summed E-state index contributed by atoms with van der Waals surface area (Å²) in [4.78, 5) is 15.5. The molecule has 4 heteroatoms. The second-order valence-corrected chi connectivity index (χ2v) is 7.86. The Bertz CT molecular complexity index is 1280. The molecule has 0 bridgehead atoms. The summed E-state index contributed by atoms with van der Waals surface area (Å²) in [5, 5.41) is 10.6. The van der Waals surface area contributed by atoms with Crippen molar-refractivity contribution >= 4 is 11.6 Å². The van der Waals surface area contributed by atoms with Crippen molar-refractivity contribution in [2.75, 3.05) is 12.0 Å². The number of para-hydroxylation sites is 1. The highest BCUT2D eigenvalue weighted by Gasteiger charge is 2.39. The maximum atomic E-state index is 13.7. The minimum Gasteiger partial charge on any atom is -0.507 e. The molecular formula is C28H23NO3. The third kappa shape index (κ3) is 3.40. The number of ether oxygens (including phenoxy) is 1. The number of amides is 1. The van der Waals surface area contributed by atoms with E-state index >= 15 is 0 Å². The predicted molar refractivity (Wildman–Crippen MR) is 126 cm³/mol. The molecule has 5 rings (SSSR count). The number of hydrogen-bond acceptors (Lipinski definition) is 3. The lowest BCUT2D eigenvalue weighted by atomic mass is 9.92. The van der Waals surface area contributed by atoms with Gasteiger partial charge in [0.15, 0.2) is 0 Å². The van der Waals surface area contributed by atoms with Crippen LogP contribution in [0.2, 0.25) is 0 Å². The van der Waals surface area contributed by atoms with E-state index in [0.717, 1.165) is 27.9 Å². The van der Waals surface area contributed by atoms with Gasteiger partial charge in [-0.2, -0.15) is 0 Å². The SMILES string of the molecule is COc1ccc(C2C(=O)N(Cc3ccccc3-c3ccccc3)c3ccccc32)c(O)c1. The smallest absolute Gasteiger partial charge is 0.239 e. The van der Waals surface area contributed by atoms with E-state index in [1.807, 2.05) is 59.5 Å². The molecule has 0 saturated carbocycles. The van der Waals surface area contributed by atoms with Crippen LogP contribution in [0.25, 0.3) is 11.1 Å². The van der Waals surface area contributed by atoms with Crippen LogP contribution in [-0.2, 0) is 11.3 Å². The van der Waals surface area contributed by atoms with Crippen molar-refractivity contribution in [2.45, 2.75) is 12.5 Å². The van der Waals surface area contributed by atoms with Crippen LogP contribution >= 0.6 is 0 Å². The van der Waals surface area contributed by atoms with E-state index in [-0.39, 0.29) is 11.7 Å². The van der Waals surface area contributed by atoms with E-state index in [1.165, 1.54) is 0 Å². The number of hydrogen-bond donors (Lipinski definition) is 1. The molecule has 0 saturated heterocycles. The van der Waals surface area contributed by atoms with Gasteiger partial charge in [0.1, 0.15) is 11.5 Å². The molecule has 1 unspecified atom stereocenters. The summed E-state index contributed by atoms with van der Waals surface area (Å²) in [6, 6.07) is 31.3. The number of benzene rings is 4. The zero-order chi connectivity index (χ0) is 22.1. The molecular weight excluding hydrogens is 398 g/mol. The fourth-order valence-electron chi connectivity index (χ4n) is 4.47. The maximum Gasteiger partial charge on any atom is 0.239 e. The van der Waals surface area contributed by atoms with Gasteiger partial charge in [0.25, 0.3) is 0 Å². The summed E-state index contributed by atoms with van der Waals surface area (Å²) in [5.41, 5.74) is 5.65. The average Bonchev–Trinajstić information content (AvgIpc) is 3.11. The van der Waals surface area contributed by atoms with Crippen LogP contribution in [0.3, 0.4) is 0 Å². The standard InChI is InChI=1S/C28H23NO3/c1-32-21-15-16-24(26(30)17-21)27-23-13-7-8-14-25(23)29(28(27)31)18-20-11-5-6-12-22(20)19-9-3-2-4-10-19/h2-17,27,30H,18H2,1H3. The van der Waals surface area contributed by atoms with Crippen LogP contribution in [-0.4, -0.2) is 18.1 Å². The average molecular weight is 421 g/mol. The zero-order valence-electron chi connectivity index (χ0n) is 17.7. The molecule has 4 aromatic carbocycles. The fraction of sp³-hybridized carbons (Fsp3) is 0.107. The molecule has 0 aromatic heterocycles. The summed E-state index contributed by atoms with van der Waals surface area (Å²) in [5.74, 6) is 0.0122. The van der Waals surface area contributed by atoms with Gasteiger partial charge >= 0.3 is 0 Å². The summed E-state index contributed by atoms with van der Waals surface area (Å²) in [7, 11) is 1.55. The van der Waals surface area contributed by atoms with Crippen LogP contribution in [0.1, 0.15) is 22.6 Å². The Labute approximate surface area is 187 Å². The van der Waals surface area contributed by atoms with Crippen molar-refractivity contribution in [3.8, 4) is 22.6 Å². The molecule has 0 aliphatic carbocycles. The lowest BCUT2D eigenvalue weighted by Gasteiger charge is -2.21. The van der Waals surface area contributed by atoms with Gasteiger partial charge in [0.2, 0.25) is 5.91 Å². The number of phenolic OH excluding ortho intramolecular Hbond substituents is 1. The van der Waals surface area contributed by atoms with Gasteiger partial charge in [-0.25, -0.2) is 0 Å². The molecule has 1 atom stereocenters. The summed E-state index contributed by atoms with van der Waals surface area (Å²) in [6.45, 7) is 0.453. The topological polar surface area (TPSA) is 49.8 Å². The molecule has 0 fully saturated rings. The summed E-state index contributed by atoms with van der Waals surface area (Å²) in [6.07, 6.45) is 0. The van der Waals surface area contributed by atoms with Crippen LogP contribution in [0.15, 0.2) is 97.1 Å². The Morgan fingerprint density at radius 2 is 1.56 bits per heavy atom. The quantitative estimate of drug-likeness (QED) is 0.447. The van der Waals surface area contributed by atoms with Crippen LogP contribution in [0, 0.1) is 0 Å². The number of rotatable bonds is 5. The monoisotopic (exact) mass is 421 g/mol. The van der Waals surface area contributed by atoms with E-state index in [9.17, 15) is 9.90 Å². The third-order valence-corrected chi connectivity index (χ3v) is 6.03. The first kappa shape index (κ1) is 19.9. The number of carbonyl (C=O) groups is 1. The molecule has 1 N–H and O–H groups in total. The maximum absolute atomic E-state index is 13.7. The number of phenols is 1. The molecule has 1 amide bonds. The van der Waals surface area contributed by atoms with Crippen LogP contribution in [0.5, 0.6) is 11.5 Å². The van der Waals surface area contributed by atoms with Crippen molar-refractivity contribution in [3.05, 3.63) is 114 Å². The minimum atomic E-state index is -0.555.